The third-order valence-corrected chi connectivity index (χ3v) is 2.58. The molecule has 0 aliphatic rings. The summed E-state index contributed by atoms with van der Waals surface area (Å²) in [5.74, 6) is 0. The van der Waals surface area contributed by atoms with Crippen molar-refractivity contribution in [3.63, 3.8) is 0 Å². The van der Waals surface area contributed by atoms with Gasteiger partial charge >= 0.3 is 7.12 Å². The largest absolute Gasteiger partial charge is 0.488 e. The topological polar surface area (TPSA) is 40.5 Å². The Labute approximate surface area is 85.7 Å². The fourth-order valence-electron chi connectivity index (χ4n) is 1.66. The lowest BCUT2D eigenvalue weighted by molar-refractivity contribution is 0.425. The highest BCUT2D eigenvalue weighted by Gasteiger charge is 2.15. The van der Waals surface area contributed by atoms with Gasteiger partial charge in [-0.3, -0.25) is 0 Å². The van der Waals surface area contributed by atoms with Crippen LogP contribution in [0.15, 0.2) is 12.1 Å². The van der Waals surface area contributed by atoms with Crippen LogP contribution in [0.5, 0.6) is 0 Å². The Morgan fingerprint density at radius 2 is 1.86 bits per heavy atom. The van der Waals surface area contributed by atoms with Gasteiger partial charge in [0.25, 0.3) is 0 Å². The monoisotopic (exact) mass is 192 g/mol. The van der Waals surface area contributed by atoms with Gasteiger partial charge in [-0.2, -0.15) is 0 Å². The predicted octanol–water partition coefficient (Wildman–Crippen LogP) is 0.936. The van der Waals surface area contributed by atoms with Crippen LogP contribution in [-0.4, -0.2) is 17.2 Å². The maximum Gasteiger partial charge on any atom is 0.488 e. The van der Waals surface area contributed by atoms with E-state index >= 15 is 0 Å². The number of hydrogen-bond acceptors (Lipinski definition) is 2. The SMILES string of the molecule is CCCc1cc(C)c(C)c(B(O)O)c1. The van der Waals surface area contributed by atoms with Crippen LogP contribution in [0.4, 0.5) is 0 Å². The highest BCUT2D eigenvalue weighted by Crippen LogP contribution is 2.10. The summed E-state index contributed by atoms with van der Waals surface area (Å²) in [5.41, 5.74) is 3.91. The van der Waals surface area contributed by atoms with Gasteiger partial charge in [-0.25, -0.2) is 0 Å². The molecule has 2 N–H and O–H groups in total. The van der Waals surface area contributed by atoms with E-state index in [2.05, 4.69) is 13.0 Å². The molecule has 0 aliphatic carbocycles. The molecule has 0 amide bonds. The molecular weight excluding hydrogens is 175 g/mol. The summed E-state index contributed by atoms with van der Waals surface area (Å²) in [6, 6.07) is 4.00. The maximum atomic E-state index is 9.18. The summed E-state index contributed by atoms with van der Waals surface area (Å²) < 4.78 is 0. The van der Waals surface area contributed by atoms with Crippen molar-refractivity contribution in [3.05, 3.63) is 28.8 Å². The summed E-state index contributed by atoms with van der Waals surface area (Å²) in [7, 11) is -1.36. The second-order valence-electron chi connectivity index (χ2n) is 3.75. The third-order valence-electron chi connectivity index (χ3n) is 2.58. The fraction of sp³-hybridized carbons (Fsp3) is 0.455. The van der Waals surface area contributed by atoms with Crippen LogP contribution in [0, 0.1) is 13.8 Å². The molecule has 76 valence electrons. The van der Waals surface area contributed by atoms with Gasteiger partial charge in [-0.05, 0) is 42.4 Å². The van der Waals surface area contributed by atoms with Gasteiger partial charge in [0, 0.05) is 0 Å². The van der Waals surface area contributed by atoms with Crippen LogP contribution in [0.3, 0.4) is 0 Å². The van der Waals surface area contributed by atoms with Crippen LogP contribution in [0.25, 0.3) is 0 Å². The van der Waals surface area contributed by atoms with Gasteiger partial charge in [0.1, 0.15) is 0 Å². The quantitative estimate of drug-likeness (QED) is 0.699. The van der Waals surface area contributed by atoms with E-state index in [0.29, 0.717) is 5.46 Å². The molecule has 0 unspecified atom stereocenters. The van der Waals surface area contributed by atoms with E-state index in [1.54, 1.807) is 0 Å². The molecule has 3 heteroatoms. The van der Waals surface area contributed by atoms with Gasteiger partial charge in [0.2, 0.25) is 0 Å². The van der Waals surface area contributed by atoms with Crippen molar-refractivity contribution >= 4 is 12.6 Å². The first kappa shape index (κ1) is 11.3. The van der Waals surface area contributed by atoms with Crippen LogP contribution in [0.2, 0.25) is 0 Å². The molecule has 1 aromatic rings. The lowest BCUT2D eigenvalue weighted by Gasteiger charge is -2.11. The average Bonchev–Trinajstić information content (AvgIpc) is 2.11. The average molecular weight is 192 g/mol. The molecule has 0 saturated carbocycles. The molecule has 0 fully saturated rings. The van der Waals surface area contributed by atoms with Crippen LogP contribution >= 0.6 is 0 Å². The van der Waals surface area contributed by atoms with E-state index < -0.39 is 7.12 Å². The van der Waals surface area contributed by atoms with Crippen molar-refractivity contribution in [1.29, 1.82) is 0 Å². The second-order valence-corrected chi connectivity index (χ2v) is 3.75. The molecular formula is C11H17BO2. The Balaban J connectivity index is 3.14. The van der Waals surface area contributed by atoms with Gasteiger partial charge in [-0.15, -0.1) is 0 Å². The first-order valence-electron chi connectivity index (χ1n) is 5.02. The first-order chi connectivity index (χ1) is 6.56. The smallest absolute Gasteiger partial charge is 0.423 e. The van der Waals surface area contributed by atoms with Crippen molar-refractivity contribution in [1.82, 2.24) is 0 Å². The lowest BCUT2D eigenvalue weighted by atomic mass is 9.75. The van der Waals surface area contributed by atoms with Crippen molar-refractivity contribution in [2.45, 2.75) is 33.6 Å². The summed E-state index contributed by atoms with van der Waals surface area (Å²) in [4.78, 5) is 0. The minimum atomic E-state index is -1.36. The van der Waals surface area contributed by atoms with Crippen molar-refractivity contribution < 1.29 is 10.0 Å². The van der Waals surface area contributed by atoms with E-state index in [4.69, 9.17) is 0 Å². The Morgan fingerprint density at radius 3 is 2.36 bits per heavy atom. The van der Waals surface area contributed by atoms with Crippen LogP contribution < -0.4 is 5.46 Å². The molecule has 1 aromatic carbocycles. The zero-order valence-electron chi connectivity index (χ0n) is 9.04. The molecule has 14 heavy (non-hydrogen) atoms. The standard InChI is InChI=1S/C11H17BO2/c1-4-5-10-6-8(2)9(3)11(7-10)12(13)14/h6-7,13-14H,4-5H2,1-3H3. The summed E-state index contributed by atoms with van der Waals surface area (Å²) in [6.45, 7) is 6.03. The van der Waals surface area contributed by atoms with E-state index in [1.807, 2.05) is 19.9 Å². The highest BCUT2D eigenvalue weighted by atomic mass is 16.4. The molecule has 0 aliphatic heterocycles. The minimum absolute atomic E-state index is 0.633. The molecule has 0 atom stereocenters. The second kappa shape index (κ2) is 4.62. The van der Waals surface area contributed by atoms with Crippen LogP contribution in [0.1, 0.15) is 30.0 Å². The molecule has 0 bridgehead atoms. The number of rotatable bonds is 3. The Bertz CT molecular complexity index is 321. The molecule has 0 heterocycles. The molecule has 0 spiro atoms. The Morgan fingerprint density at radius 1 is 1.21 bits per heavy atom. The number of hydrogen-bond donors (Lipinski definition) is 2. The lowest BCUT2D eigenvalue weighted by Crippen LogP contribution is -2.33. The third kappa shape index (κ3) is 2.37. The maximum absolute atomic E-state index is 9.18. The Kier molecular flexibility index (Phi) is 3.73. The zero-order chi connectivity index (χ0) is 10.7. The van der Waals surface area contributed by atoms with Crippen molar-refractivity contribution in [2.24, 2.45) is 0 Å². The van der Waals surface area contributed by atoms with Gasteiger partial charge in [-0.1, -0.05) is 25.5 Å². The Hall–Kier alpha value is -0.795. The van der Waals surface area contributed by atoms with Gasteiger partial charge < -0.3 is 10.0 Å². The van der Waals surface area contributed by atoms with Crippen molar-refractivity contribution in [3.8, 4) is 0 Å². The highest BCUT2D eigenvalue weighted by molar-refractivity contribution is 6.59. The van der Waals surface area contributed by atoms with Crippen LogP contribution in [-0.2, 0) is 6.42 Å². The molecule has 0 aromatic heterocycles. The summed E-state index contributed by atoms with van der Waals surface area (Å²) in [6.07, 6.45) is 2.06. The normalized spacial score (nSPS) is 10.4. The van der Waals surface area contributed by atoms with E-state index in [1.165, 1.54) is 5.56 Å². The van der Waals surface area contributed by atoms with E-state index in [9.17, 15) is 10.0 Å². The molecule has 1 rings (SSSR count). The molecule has 2 nitrogen and oxygen atoms in total. The number of benzene rings is 1. The first-order valence-corrected chi connectivity index (χ1v) is 5.02. The molecule has 0 saturated heterocycles. The van der Waals surface area contributed by atoms with Crippen molar-refractivity contribution in [2.75, 3.05) is 0 Å². The van der Waals surface area contributed by atoms with Gasteiger partial charge in [0.15, 0.2) is 0 Å². The van der Waals surface area contributed by atoms with E-state index in [-0.39, 0.29) is 0 Å². The minimum Gasteiger partial charge on any atom is -0.423 e. The molecule has 0 radical (unpaired) electrons. The predicted molar refractivity (Wildman–Crippen MR) is 59.7 cm³/mol. The summed E-state index contributed by atoms with van der Waals surface area (Å²) >= 11 is 0. The fourth-order valence-corrected chi connectivity index (χ4v) is 1.66. The van der Waals surface area contributed by atoms with Gasteiger partial charge in [0.05, 0.1) is 0 Å². The zero-order valence-corrected chi connectivity index (χ0v) is 9.04. The number of aryl methyl sites for hydroxylation is 2. The van der Waals surface area contributed by atoms with E-state index in [0.717, 1.165) is 24.0 Å². The summed E-state index contributed by atoms with van der Waals surface area (Å²) in [5, 5.41) is 18.4.